The van der Waals surface area contributed by atoms with Crippen molar-refractivity contribution in [3.8, 4) is 5.75 Å². The van der Waals surface area contributed by atoms with Gasteiger partial charge in [-0.2, -0.15) is 0 Å². The standard InChI is InChI=1S/C16H28N2O2/c1-7-19-15(16(4,5)6)14(17)12-8-13(10-18-9-12)20-11(2)3/h8-11,14-15H,7,17H2,1-6H3. The maximum Gasteiger partial charge on any atom is 0.138 e. The van der Waals surface area contributed by atoms with Crippen LogP contribution >= 0.6 is 0 Å². The van der Waals surface area contributed by atoms with Gasteiger partial charge in [-0.25, -0.2) is 0 Å². The molecule has 0 aliphatic rings. The van der Waals surface area contributed by atoms with E-state index < -0.39 is 0 Å². The Labute approximate surface area is 122 Å². The van der Waals surface area contributed by atoms with Crippen molar-refractivity contribution in [2.24, 2.45) is 11.1 Å². The Morgan fingerprint density at radius 1 is 1.25 bits per heavy atom. The molecule has 1 aromatic heterocycles. The average Bonchev–Trinajstić information content (AvgIpc) is 2.33. The van der Waals surface area contributed by atoms with Gasteiger partial charge in [0.05, 0.1) is 24.4 Å². The Bertz CT molecular complexity index is 413. The van der Waals surface area contributed by atoms with Gasteiger partial charge in [0.2, 0.25) is 0 Å². The maximum atomic E-state index is 6.39. The molecule has 4 nitrogen and oxygen atoms in total. The first kappa shape index (κ1) is 16.9. The van der Waals surface area contributed by atoms with E-state index in [0.717, 1.165) is 11.3 Å². The zero-order valence-electron chi connectivity index (χ0n) is 13.5. The molecule has 0 aliphatic heterocycles. The van der Waals surface area contributed by atoms with Gasteiger partial charge in [-0.15, -0.1) is 0 Å². The maximum absolute atomic E-state index is 6.39. The van der Waals surface area contributed by atoms with Crippen molar-refractivity contribution in [3.63, 3.8) is 0 Å². The molecule has 1 aromatic rings. The number of hydrogen-bond donors (Lipinski definition) is 1. The van der Waals surface area contributed by atoms with Crippen LogP contribution in [0.4, 0.5) is 0 Å². The van der Waals surface area contributed by atoms with Crippen LogP contribution in [-0.4, -0.2) is 23.8 Å². The van der Waals surface area contributed by atoms with Gasteiger partial charge in [0.1, 0.15) is 5.75 Å². The van der Waals surface area contributed by atoms with Crippen molar-refractivity contribution in [2.75, 3.05) is 6.61 Å². The molecular formula is C16H28N2O2. The Kier molecular flexibility index (Phi) is 5.96. The van der Waals surface area contributed by atoms with Gasteiger partial charge in [0, 0.05) is 12.8 Å². The summed E-state index contributed by atoms with van der Waals surface area (Å²) in [6.07, 6.45) is 3.55. The van der Waals surface area contributed by atoms with E-state index in [1.54, 1.807) is 12.4 Å². The second-order valence-electron chi connectivity index (χ2n) is 6.39. The third kappa shape index (κ3) is 4.76. The van der Waals surface area contributed by atoms with Gasteiger partial charge in [-0.05, 0) is 37.8 Å². The minimum atomic E-state index is -0.224. The summed E-state index contributed by atoms with van der Waals surface area (Å²) in [6, 6.07) is 1.73. The van der Waals surface area contributed by atoms with Crippen molar-refractivity contribution >= 4 is 0 Å². The highest BCUT2D eigenvalue weighted by molar-refractivity contribution is 5.27. The van der Waals surface area contributed by atoms with E-state index in [0.29, 0.717) is 6.61 Å². The highest BCUT2D eigenvalue weighted by Crippen LogP contribution is 2.32. The third-order valence-electron chi connectivity index (χ3n) is 3.02. The van der Waals surface area contributed by atoms with Crippen LogP contribution in [0.25, 0.3) is 0 Å². The summed E-state index contributed by atoms with van der Waals surface area (Å²) in [7, 11) is 0. The van der Waals surface area contributed by atoms with Crippen molar-refractivity contribution in [1.29, 1.82) is 0 Å². The Balaban J connectivity index is 2.96. The van der Waals surface area contributed by atoms with Crippen LogP contribution in [0.1, 0.15) is 53.1 Å². The fourth-order valence-electron chi connectivity index (χ4n) is 2.20. The van der Waals surface area contributed by atoms with Crippen molar-refractivity contribution in [1.82, 2.24) is 4.98 Å². The van der Waals surface area contributed by atoms with E-state index in [4.69, 9.17) is 15.2 Å². The van der Waals surface area contributed by atoms with Crippen molar-refractivity contribution < 1.29 is 9.47 Å². The number of ether oxygens (including phenoxy) is 2. The first-order chi connectivity index (χ1) is 9.25. The van der Waals surface area contributed by atoms with Gasteiger partial charge < -0.3 is 15.2 Å². The van der Waals surface area contributed by atoms with E-state index in [-0.39, 0.29) is 23.7 Å². The molecule has 0 aliphatic carbocycles. The van der Waals surface area contributed by atoms with Crippen LogP contribution in [0.2, 0.25) is 0 Å². The molecule has 0 spiro atoms. The van der Waals surface area contributed by atoms with E-state index in [2.05, 4.69) is 25.8 Å². The quantitative estimate of drug-likeness (QED) is 0.868. The zero-order chi connectivity index (χ0) is 15.3. The number of aromatic nitrogens is 1. The van der Waals surface area contributed by atoms with Crippen LogP contribution in [-0.2, 0) is 4.74 Å². The van der Waals surface area contributed by atoms with Crippen molar-refractivity contribution in [2.45, 2.75) is 59.8 Å². The normalized spacial score (nSPS) is 15.2. The lowest BCUT2D eigenvalue weighted by molar-refractivity contribution is -0.0284. The van der Waals surface area contributed by atoms with Gasteiger partial charge >= 0.3 is 0 Å². The lowest BCUT2D eigenvalue weighted by atomic mass is 9.82. The number of nitrogens with zero attached hydrogens (tertiary/aromatic N) is 1. The first-order valence-corrected chi connectivity index (χ1v) is 7.24. The van der Waals surface area contributed by atoms with Gasteiger partial charge in [0.25, 0.3) is 0 Å². The fourth-order valence-corrected chi connectivity index (χ4v) is 2.20. The smallest absolute Gasteiger partial charge is 0.138 e. The van der Waals surface area contributed by atoms with E-state index in [1.165, 1.54) is 0 Å². The molecule has 2 unspecified atom stereocenters. The lowest BCUT2D eigenvalue weighted by Crippen LogP contribution is -2.39. The highest BCUT2D eigenvalue weighted by Gasteiger charge is 2.32. The number of rotatable bonds is 6. The molecule has 2 N–H and O–H groups in total. The largest absolute Gasteiger partial charge is 0.489 e. The molecule has 0 fully saturated rings. The molecule has 4 heteroatoms. The number of hydrogen-bond acceptors (Lipinski definition) is 4. The number of nitrogens with two attached hydrogens (primary N) is 1. The van der Waals surface area contributed by atoms with Gasteiger partial charge in [-0.3, -0.25) is 4.98 Å². The van der Waals surface area contributed by atoms with Crippen LogP contribution in [0.15, 0.2) is 18.5 Å². The predicted molar refractivity (Wildman–Crippen MR) is 81.8 cm³/mol. The van der Waals surface area contributed by atoms with E-state index in [1.807, 2.05) is 26.8 Å². The summed E-state index contributed by atoms with van der Waals surface area (Å²) in [4.78, 5) is 4.22. The fraction of sp³-hybridized carbons (Fsp3) is 0.688. The van der Waals surface area contributed by atoms with E-state index in [9.17, 15) is 0 Å². The van der Waals surface area contributed by atoms with Gasteiger partial charge in [0.15, 0.2) is 0 Å². The predicted octanol–water partition coefficient (Wildman–Crippen LogP) is 3.32. The van der Waals surface area contributed by atoms with Crippen LogP contribution < -0.4 is 10.5 Å². The SMILES string of the molecule is CCOC(C(N)c1cncc(OC(C)C)c1)C(C)(C)C. The summed E-state index contributed by atoms with van der Waals surface area (Å²) in [5.41, 5.74) is 7.29. The minimum Gasteiger partial charge on any atom is -0.489 e. The monoisotopic (exact) mass is 280 g/mol. The second kappa shape index (κ2) is 7.04. The molecular weight excluding hydrogens is 252 g/mol. The second-order valence-corrected chi connectivity index (χ2v) is 6.39. The molecule has 0 bridgehead atoms. The number of pyridine rings is 1. The summed E-state index contributed by atoms with van der Waals surface area (Å²) in [6.45, 7) is 13.0. The summed E-state index contributed by atoms with van der Waals surface area (Å²) >= 11 is 0. The van der Waals surface area contributed by atoms with Gasteiger partial charge in [-0.1, -0.05) is 20.8 Å². The molecule has 0 aromatic carbocycles. The summed E-state index contributed by atoms with van der Waals surface area (Å²) in [5.74, 6) is 0.747. The first-order valence-electron chi connectivity index (χ1n) is 7.24. The molecule has 0 radical (unpaired) electrons. The Morgan fingerprint density at radius 3 is 2.40 bits per heavy atom. The van der Waals surface area contributed by atoms with E-state index >= 15 is 0 Å². The Hall–Kier alpha value is -1.13. The van der Waals surface area contributed by atoms with Crippen LogP contribution in [0.5, 0.6) is 5.75 Å². The topological polar surface area (TPSA) is 57.4 Å². The summed E-state index contributed by atoms with van der Waals surface area (Å²) in [5, 5.41) is 0. The molecule has 0 amide bonds. The summed E-state index contributed by atoms with van der Waals surface area (Å²) < 4.78 is 11.5. The molecule has 0 saturated carbocycles. The molecule has 20 heavy (non-hydrogen) atoms. The molecule has 114 valence electrons. The minimum absolute atomic E-state index is 0.0374. The van der Waals surface area contributed by atoms with Crippen molar-refractivity contribution in [3.05, 3.63) is 24.0 Å². The molecule has 1 heterocycles. The Morgan fingerprint density at radius 2 is 1.90 bits per heavy atom. The zero-order valence-corrected chi connectivity index (χ0v) is 13.5. The third-order valence-corrected chi connectivity index (χ3v) is 3.02. The average molecular weight is 280 g/mol. The lowest BCUT2D eigenvalue weighted by Gasteiger charge is -2.35. The van der Waals surface area contributed by atoms with Crippen LogP contribution in [0, 0.1) is 5.41 Å². The molecule has 1 rings (SSSR count). The van der Waals surface area contributed by atoms with Crippen LogP contribution in [0.3, 0.4) is 0 Å². The highest BCUT2D eigenvalue weighted by atomic mass is 16.5. The molecule has 0 saturated heterocycles. The molecule has 2 atom stereocenters.